The van der Waals surface area contributed by atoms with Crippen LogP contribution < -0.4 is 9.80 Å². The lowest BCUT2D eigenvalue weighted by Crippen LogP contribution is -2.48. The number of anilines is 2. The molecular weight excluding hydrogens is 328 g/mol. The van der Waals surface area contributed by atoms with Crippen molar-refractivity contribution in [3.05, 3.63) is 54.2 Å². The topological polar surface area (TPSA) is 56.8 Å². The van der Waals surface area contributed by atoms with Crippen molar-refractivity contribution < 1.29 is 9.59 Å². The van der Waals surface area contributed by atoms with E-state index >= 15 is 0 Å². The highest BCUT2D eigenvalue weighted by atomic mass is 16.2. The maximum Gasteiger partial charge on any atom is 0.259 e. The zero-order valence-electron chi connectivity index (χ0n) is 15.3. The third-order valence-corrected chi connectivity index (χ3v) is 4.67. The molecule has 1 aliphatic rings. The van der Waals surface area contributed by atoms with Gasteiger partial charge in [-0.2, -0.15) is 0 Å². The maximum absolute atomic E-state index is 12.8. The molecule has 26 heavy (non-hydrogen) atoms. The summed E-state index contributed by atoms with van der Waals surface area (Å²) < 4.78 is 0. The average Bonchev–Trinajstić information content (AvgIpc) is 2.69. The number of hydrogen-bond donors (Lipinski definition) is 0. The van der Waals surface area contributed by atoms with Crippen LogP contribution in [0.25, 0.3) is 0 Å². The van der Waals surface area contributed by atoms with Crippen LogP contribution in [0.1, 0.15) is 24.2 Å². The second-order valence-corrected chi connectivity index (χ2v) is 6.28. The number of carbonyl (C=O) groups is 2. The van der Waals surface area contributed by atoms with E-state index in [1.165, 1.54) is 0 Å². The zero-order valence-corrected chi connectivity index (χ0v) is 15.3. The number of piperazine rings is 1. The largest absolute Gasteiger partial charge is 0.353 e. The van der Waals surface area contributed by atoms with Crippen molar-refractivity contribution in [2.24, 2.45) is 0 Å². The molecule has 136 valence electrons. The van der Waals surface area contributed by atoms with Crippen LogP contribution >= 0.6 is 0 Å². The number of hydrogen-bond acceptors (Lipinski definition) is 4. The van der Waals surface area contributed by atoms with Gasteiger partial charge in [-0.15, -0.1) is 0 Å². The Morgan fingerprint density at radius 2 is 1.73 bits per heavy atom. The van der Waals surface area contributed by atoms with Gasteiger partial charge in [0.2, 0.25) is 5.91 Å². The summed E-state index contributed by atoms with van der Waals surface area (Å²) in [6, 6.07) is 13.4. The summed E-state index contributed by atoms with van der Waals surface area (Å²) in [6.45, 7) is 7.07. The fourth-order valence-electron chi connectivity index (χ4n) is 3.16. The molecule has 0 aliphatic carbocycles. The van der Waals surface area contributed by atoms with Crippen molar-refractivity contribution >= 4 is 23.3 Å². The molecule has 1 fully saturated rings. The third kappa shape index (κ3) is 3.85. The molecule has 2 amide bonds. The van der Waals surface area contributed by atoms with Gasteiger partial charge in [0.05, 0.1) is 5.56 Å². The summed E-state index contributed by atoms with van der Waals surface area (Å²) in [6.07, 6.45) is 1.64. The molecule has 0 N–H and O–H groups in total. The standard InChI is InChI=1S/C20H24N4O2/c1-3-24(18-7-5-4-6-8-18)20(26)17-9-10-19(21-15-17)23-13-11-22(12-14-23)16(2)25/h4-10,15H,3,11-14H2,1-2H3. The minimum atomic E-state index is -0.0563. The van der Waals surface area contributed by atoms with Crippen LogP contribution in [-0.4, -0.2) is 54.4 Å². The molecule has 2 aromatic rings. The van der Waals surface area contributed by atoms with E-state index in [-0.39, 0.29) is 11.8 Å². The Kier molecular flexibility index (Phi) is 5.51. The normalized spacial score (nSPS) is 14.2. The Morgan fingerprint density at radius 1 is 1.04 bits per heavy atom. The van der Waals surface area contributed by atoms with Gasteiger partial charge in [0.15, 0.2) is 0 Å². The molecule has 6 nitrogen and oxygen atoms in total. The van der Waals surface area contributed by atoms with Gasteiger partial charge in [0.25, 0.3) is 5.91 Å². The Morgan fingerprint density at radius 3 is 2.27 bits per heavy atom. The number of para-hydroxylation sites is 1. The van der Waals surface area contributed by atoms with Crippen molar-refractivity contribution in [1.82, 2.24) is 9.88 Å². The molecule has 6 heteroatoms. The van der Waals surface area contributed by atoms with Crippen molar-refractivity contribution in [1.29, 1.82) is 0 Å². The molecule has 1 aliphatic heterocycles. The van der Waals surface area contributed by atoms with E-state index in [4.69, 9.17) is 0 Å². The molecule has 0 atom stereocenters. The zero-order chi connectivity index (χ0) is 18.5. The maximum atomic E-state index is 12.8. The van der Waals surface area contributed by atoms with Gasteiger partial charge in [-0.1, -0.05) is 18.2 Å². The van der Waals surface area contributed by atoms with Crippen molar-refractivity contribution in [3.8, 4) is 0 Å². The number of nitrogens with zero attached hydrogens (tertiary/aromatic N) is 4. The van der Waals surface area contributed by atoms with Crippen LogP contribution in [-0.2, 0) is 4.79 Å². The van der Waals surface area contributed by atoms with Crippen molar-refractivity contribution in [3.63, 3.8) is 0 Å². The molecule has 2 heterocycles. The average molecular weight is 352 g/mol. The highest BCUT2D eigenvalue weighted by molar-refractivity contribution is 6.05. The highest BCUT2D eigenvalue weighted by Gasteiger charge is 2.21. The van der Waals surface area contributed by atoms with E-state index in [1.54, 1.807) is 18.0 Å². The first kappa shape index (κ1) is 17.9. The number of rotatable bonds is 4. The van der Waals surface area contributed by atoms with Gasteiger partial charge in [0, 0.05) is 51.5 Å². The molecule has 0 saturated carbocycles. The van der Waals surface area contributed by atoms with E-state index in [2.05, 4.69) is 9.88 Å². The smallest absolute Gasteiger partial charge is 0.259 e. The van der Waals surface area contributed by atoms with Gasteiger partial charge in [-0.25, -0.2) is 4.98 Å². The summed E-state index contributed by atoms with van der Waals surface area (Å²) in [5.41, 5.74) is 1.45. The first-order valence-electron chi connectivity index (χ1n) is 8.93. The summed E-state index contributed by atoms with van der Waals surface area (Å²) in [4.78, 5) is 34.4. The fraction of sp³-hybridized carbons (Fsp3) is 0.350. The monoisotopic (exact) mass is 352 g/mol. The van der Waals surface area contributed by atoms with Gasteiger partial charge < -0.3 is 14.7 Å². The second kappa shape index (κ2) is 7.99. The minimum Gasteiger partial charge on any atom is -0.353 e. The van der Waals surface area contributed by atoms with E-state index in [1.807, 2.05) is 54.3 Å². The van der Waals surface area contributed by atoms with Crippen molar-refractivity contribution in [2.45, 2.75) is 13.8 Å². The van der Waals surface area contributed by atoms with E-state index in [0.29, 0.717) is 25.2 Å². The van der Waals surface area contributed by atoms with Crippen molar-refractivity contribution in [2.75, 3.05) is 42.5 Å². The molecule has 0 spiro atoms. The molecule has 0 radical (unpaired) electrons. The molecule has 1 aromatic carbocycles. The Balaban J connectivity index is 1.69. The van der Waals surface area contributed by atoms with E-state index in [9.17, 15) is 9.59 Å². The number of pyridine rings is 1. The molecular formula is C20H24N4O2. The quantitative estimate of drug-likeness (QED) is 0.848. The third-order valence-electron chi connectivity index (χ3n) is 4.67. The number of benzene rings is 1. The Hall–Kier alpha value is -2.89. The summed E-state index contributed by atoms with van der Waals surface area (Å²) in [5, 5.41) is 0. The summed E-state index contributed by atoms with van der Waals surface area (Å²) in [7, 11) is 0. The second-order valence-electron chi connectivity index (χ2n) is 6.28. The van der Waals surface area contributed by atoms with E-state index < -0.39 is 0 Å². The van der Waals surface area contributed by atoms with Gasteiger partial charge in [-0.05, 0) is 31.2 Å². The first-order chi connectivity index (χ1) is 12.6. The summed E-state index contributed by atoms with van der Waals surface area (Å²) >= 11 is 0. The lowest BCUT2D eigenvalue weighted by atomic mass is 10.2. The number of amides is 2. The lowest BCUT2D eigenvalue weighted by molar-refractivity contribution is -0.129. The van der Waals surface area contributed by atoms with Crippen LogP contribution in [0.15, 0.2) is 48.7 Å². The molecule has 0 bridgehead atoms. The molecule has 0 unspecified atom stereocenters. The SMILES string of the molecule is CCN(C(=O)c1ccc(N2CCN(C(C)=O)CC2)nc1)c1ccccc1. The van der Waals surface area contributed by atoms with Gasteiger partial charge in [-0.3, -0.25) is 9.59 Å². The Bertz CT molecular complexity index is 753. The molecule has 1 saturated heterocycles. The van der Waals surface area contributed by atoms with E-state index in [0.717, 1.165) is 24.6 Å². The predicted octanol–water partition coefficient (Wildman–Crippen LogP) is 2.42. The van der Waals surface area contributed by atoms with Crippen LogP contribution in [0.4, 0.5) is 11.5 Å². The summed E-state index contributed by atoms with van der Waals surface area (Å²) in [5.74, 6) is 0.894. The fourth-order valence-corrected chi connectivity index (χ4v) is 3.16. The van der Waals surface area contributed by atoms with Crippen LogP contribution in [0, 0.1) is 0 Å². The first-order valence-corrected chi connectivity index (χ1v) is 8.93. The number of carbonyl (C=O) groups excluding carboxylic acids is 2. The molecule has 3 rings (SSSR count). The van der Waals surface area contributed by atoms with Gasteiger partial charge in [0.1, 0.15) is 5.82 Å². The predicted molar refractivity (Wildman–Crippen MR) is 102 cm³/mol. The minimum absolute atomic E-state index is 0.0563. The highest BCUT2D eigenvalue weighted by Crippen LogP contribution is 2.18. The Labute approximate surface area is 154 Å². The van der Waals surface area contributed by atoms with Crippen LogP contribution in [0.2, 0.25) is 0 Å². The van der Waals surface area contributed by atoms with Crippen LogP contribution in [0.5, 0.6) is 0 Å². The van der Waals surface area contributed by atoms with Crippen LogP contribution in [0.3, 0.4) is 0 Å². The number of aromatic nitrogens is 1. The lowest BCUT2D eigenvalue weighted by Gasteiger charge is -2.34. The molecule has 1 aromatic heterocycles. The van der Waals surface area contributed by atoms with Gasteiger partial charge >= 0.3 is 0 Å².